The number of benzene rings is 1. The minimum Gasteiger partial charge on any atom is -0.373 e. The molecule has 1 fully saturated rings. The Labute approximate surface area is 124 Å². The summed E-state index contributed by atoms with van der Waals surface area (Å²) in [5, 5.41) is 0.480. The van der Waals surface area contributed by atoms with Crippen LogP contribution in [0.3, 0.4) is 0 Å². The highest BCUT2D eigenvalue weighted by Gasteiger charge is 2.35. The minimum absolute atomic E-state index is 0.205. The van der Waals surface area contributed by atoms with E-state index in [1.807, 2.05) is 13.8 Å². The molecule has 7 heteroatoms. The molecule has 0 spiro atoms. The number of sulfonamides is 1. The fourth-order valence-corrected chi connectivity index (χ4v) is 4.02. The second-order valence-electron chi connectivity index (χ2n) is 5.40. The molecule has 2 rings (SSSR count). The lowest BCUT2D eigenvalue weighted by Gasteiger charge is -2.37. The number of morpholine rings is 1. The molecule has 0 unspecified atom stereocenters. The summed E-state index contributed by atoms with van der Waals surface area (Å²) < 4.78 is 32.3. The molecule has 0 aliphatic carbocycles. The standard InChI is InChI=1S/C13H19ClN2O3S/c1-13(2)9-16(5-6-19-13)20(17,18)11-3-4-12(14)10(7-11)8-15/h3-4,7H,5-6,8-9,15H2,1-2H3. The van der Waals surface area contributed by atoms with Crippen molar-refractivity contribution >= 4 is 21.6 Å². The van der Waals surface area contributed by atoms with E-state index in [9.17, 15) is 8.42 Å². The first-order chi connectivity index (χ1) is 9.26. The summed E-state index contributed by atoms with van der Waals surface area (Å²) in [6.45, 7) is 5.03. The van der Waals surface area contributed by atoms with Crippen molar-refractivity contribution in [2.24, 2.45) is 5.73 Å². The molecular formula is C13H19ClN2O3S. The smallest absolute Gasteiger partial charge is 0.243 e. The number of nitrogens with zero attached hydrogens (tertiary/aromatic N) is 1. The zero-order valence-electron chi connectivity index (χ0n) is 11.6. The van der Waals surface area contributed by atoms with E-state index in [-0.39, 0.29) is 11.4 Å². The number of rotatable bonds is 3. The van der Waals surface area contributed by atoms with Gasteiger partial charge in [0.25, 0.3) is 0 Å². The predicted molar refractivity (Wildman–Crippen MR) is 78.1 cm³/mol. The van der Waals surface area contributed by atoms with Crippen LogP contribution in [0.5, 0.6) is 0 Å². The lowest BCUT2D eigenvalue weighted by Crippen LogP contribution is -2.50. The van der Waals surface area contributed by atoms with E-state index in [0.717, 1.165) is 0 Å². The Morgan fingerprint density at radius 2 is 2.15 bits per heavy atom. The summed E-state index contributed by atoms with van der Waals surface area (Å²) in [6.07, 6.45) is 0. The average molecular weight is 319 g/mol. The van der Waals surface area contributed by atoms with Gasteiger partial charge in [0.05, 0.1) is 17.1 Å². The summed E-state index contributed by atoms with van der Waals surface area (Å²) in [5.74, 6) is 0. The summed E-state index contributed by atoms with van der Waals surface area (Å²) in [4.78, 5) is 0.222. The Morgan fingerprint density at radius 3 is 2.75 bits per heavy atom. The third-order valence-electron chi connectivity index (χ3n) is 3.27. The molecule has 0 amide bonds. The topological polar surface area (TPSA) is 72.6 Å². The lowest BCUT2D eigenvalue weighted by molar-refractivity contribution is -0.0640. The van der Waals surface area contributed by atoms with Crippen LogP contribution in [0.15, 0.2) is 23.1 Å². The maximum atomic E-state index is 12.6. The van der Waals surface area contributed by atoms with Gasteiger partial charge in [-0.1, -0.05) is 11.6 Å². The minimum atomic E-state index is -3.54. The predicted octanol–water partition coefficient (Wildman–Crippen LogP) is 1.60. The van der Waals surface area contributed by atoms with Crippen molar-refractivity contribution in [1.29, 1.82) is 0 Å². The lowest BCUT2D eigenvalue weighted by atomic mass is 10.1. The van der Waals surface area contributed by atoms with Crippen LogP contribution in [-0.4, -0.2) is 38.0 Å². The Bertz CT molecular complexity index is 602. The van der Waals surface area contributed by atoms with Crippen LogP contribution in [0.25, 0.3) is 0 Å². The summed E-state index contributed by atoms with van der Waals surface area (Å²) in [5.41, 5.74) is 5.72. The van der Waals surface area contributed by atoms with E-state index in [4.69, 9.17) is 22.1 Å². The van der Waals surface area contributed by atoms with Gasteiger partial charge in [0, 0.05) is 24.7 Å². The third kappa shape index (κ3) is 3.15. The number of hydrogen-bond donors (Lipinski definition) is 1. The number of hydrogen-bond acceptors (Lipinski definition) is 4. The van der Waals surface area contributed by atoms with Gasteiger partial charge in [0.1, 0.15) is 0 Å². The first-order valence-electron chi connectivity index (χ1n) is 6.39. The molecule has 0 aromatic heterocycles. The van der Waals surface area contributed by atoms with Crippen LogP contribution in [0.1, 0.15) is 19.4 Å². The molecule has 1 aromatic carbocycles. The van der Waals surface area contributed by atoms with Crippen molar-refractivity contribution in [2.75, 3.05) is 19.7 Å². The van der Waals surface area contributed by atoms with Crippen LogP contribution in [0.4, 0.5) is 0 Å². The normalized spacial score (nSPS) is 20.0. The van der Waals surface area contributed by atoms with E-state index in [1.54, 1.807) is 12.1 Å². The monoisotopic (exact) mass is 318 g/mol. The van der Waals surface area contributed by atoms with Gasteiger partial charge in [-0.05, 0) is 37.6 Å². The SMILES string of the molecule is CC1(C)CN(S(=O)(=O)c2ccc(Cl)c(CN)c2)CCO1. The second-order valence-corrected chi connectivity index (χ2v) is 7.75. The molecule has 2 N–H and O–H groups in total. The van der Waals surface area contributed by atoms with Gasteiger partial charge < -0.3 is 10.5 Å². The van der Waals surface area contributed by atoms with E-state index >= 15 is 0 Å². The largest absolute Gasteiger partial charge is 0.373 e. The molecule has 5 nitrogen and oxygen atoms in total. The highest BCUT2D eigenvalue weighted by atomic mass is 35.5. The molecule has 20 heavy (non-hydrogen) atoms. The number of halogens is 1. The summed E-state index contributed by atoms with van der Waals surface area (Å²) >= 11 is 5.97. The van der Waals surface area contributed by atoms with E-state index in [2.05, 4.69) is 0 Å². The Balaban J connectivity index is 2.35. The zero-order chi connectivity index (χ0) is 15.0. The Hall–Kier alpha value is -0.660. The molecule has 1 heterocycles. The molecule has 0 bridgehead atoms. The molecule has 1 saturated heterocycles. The molecular weight excluding hydrogens is 300 g/mol. The van der Waals surface area contributed by atoms with E-state index in [0.29, 0.717) is 30.3 Å². The van der Waals surface area contributed by atoms with Gasteiger partial charge in [0.15, 0.2) is 0 Å². The molecule has 1 aliphatic rings. The fourth-order valence-electron chi connectivity index (χ4n) is 2.20. The molecule has 0 radical (unpaired) electrons. The quantitative estimate of drug-likeness (QED) is 0.918. The van der Waals surface area contributed by atoms with Crippen LogP contribution >= 0.6 is 11.6 Å². The van der Waals surface area contributed by atoms with Crippen molar-refractivity contribution in [3.8, 4) is 0 Å². The van der Waals surface area contributed by atoms with Crippen LogP contribution < -0.4 is 5.73 Å². The Morgan fingerprint density at radius 1 is 1.45 bits per heavy atom. The van der Waals surface area contributed by atoms with Crippen LogP contribution in [0, 0.1) is 0 Å². The van der Waals surface area contributed by atoms with E-state index < -0.39 is 15.6 Å². The first kappa shape index (κ1) is 15.7. The first-order valence-corrected chi connectivity index (χ1v) is 8.21. The van der Waals surface area contributed by atoms with Gasteiger partial charge in [-0.25, -0.2) is 8.42 Å². The number of nitrogens with two attached hydrogens (primary N) is 1. The van der Waals surface area contributed by atoms with Crippen molar-refractivity contribution < 1.29 is 13.2 Å². The highest BCUT2D eigenvalue weighted by Crippen LogP contribution is 2.26. The van der Waals surface area contributed by atoms with Crippen molar-refractivity contribution in [3.63, 3.8) is 0 Å². The molecule has 112 valence electrons. The molecule has 0 saturated carbocycles. The Kier molecular flexibility index (Phi) is 4.41. The van der Waals surface area contributed by atoms with Gasteiger partial charge in [-0.15, -0.1) is 0 Å². The van der Waals surface area contributed by atoms with Gasteiger partial charge >= 0.3 is 0 Å². The molecule has 1 aromatic rings. The second kappa shape index (κ2) is 5.61. The van der Waals surface area contributed by atoms with Gasteiger partial charge in [0.2, 0.25) is 10.0 Å². The molecule has 1 aliphatic heterocycles. The summed E-state index contributed by atoms with van der Waals surface area (Å²) in [6, 6.07) is 4.63. The maximum absolute atomic E-state index is 12.6. The maximum Gasteiger partial charge on any atom is 0.243 e. The zero-order valence-corrected chi connectivity index (χ0v) is 13.2. The highest BCUT2D eigenvalue weighted by molar-refractivity contribution is 7.89. The fraction of sp³-hybridized carbons (Fsp3) is 0.538. The third-order valence-corrected chi connectivity index (χ3v) is 5.48. The van der Waals surface area contributed by atoms with Crippen LogP contribution in [0.2, 0.25) is 5.02 Å². The van der Waals surface area contributed by atoms with Gasteiger partial charge in [-0.3, -0.25) is 0 Å². The number of ether oxygens (including phenoxy) is 1. The van der Waals surface area contributed by atoms with E-state index in [1.165, 1.54) is 10.4 Å². The van der Waals surface area contributed by atoms with Gasteiger partial charge in [-0.2, -0.15) is 4.31 Å². The van der Waals surface area contributed by atoms with Crippen LogP contribution in [-0.2, 0) is 21.3 Å². The summed E-state index contributed by atoms with van der Waals surface area (Å²) in [7, 11) is -3.54. The van der Waals surface area contributed by atoms with Crippen molar-refractivity contribution in [1.82, 2.24) is 4.31 Å². The average Bonchev–Trinajstić information content (AvgIpc) is 2.37. The van der Waals surface area contributed by atoms with Crippen molar-refractivity contribution in [2.45, 2.75) is 30.9 Å². The molecule has 0 atom stereocenters. The van der Waals surface area contributed by atoms with Crippen molar-refractivity contribution in [3.05, 3.63) is 28.8 Å².